The predicted molar refractivity (Wildman–Crippen MR) is 123 cm³/mol. The van der Waals surface area contributed by atoms with Crippen molar-refractivity contribution in [3.63, 3.8) is 0 Å². The number of hydrogen-bond donors (Lipinski definition) is 1. The van der Waals surface area contributed by atoms with Crippen LogP contribution in [0.3, 0.4) is 0 Å². The van der Waals surface area contributed by atoms with Gasteiger partial charge < -0.3 is 10.1 Å². The van der Waals surface area contributed by atoms with Crippen LogP contribution >= 0.6 is 11.6 Å². The Labute approximate surface area is 197 Å². The lowest BCUT2D eigenvalue weighted by atomic mass is 9.64. The molecule has 0 spiro atoms. The van der Waals surface area contributed by atoms with Gasteiger partial charge in [0.15, 0.2) is 0 Å². The standard InChI is InChI=1S/C21H27ClN6O4S/c1-4-21(7-5-8-21)19-14(10-23)18(22)16-11-24-20(26-28(16)19)25-15-6-9-27(33(3,30)31)12-17(15)32-13(2)29/h11,15,17H,4-9,12H2,1-3H3,(H,25,26)/t15-,17-/m1/s1. The van der Waals surface area contributed by atoms with E-state index in [1.54, 1.807) is 10.7 Å². The summed E-state index contributed by atoms with van der Waals surface area (Å²) >= 11 is 6.53. The number of esters is 1. The maximum atomic E-state index is 12.0. The number of anilines is 1. The van der Waals surface area contributed by atoms with Gasteiger partial charge in [-0.25, -0.2) is 17.9 Å². The highest BCUT2D eigenvalue weighted by atomic mass is 35.5. The molecule has 10 nitrogen and oxygen atoms in total. The molecule has 3 heterocycles. The minimum atomic E-state index is -3.41. The molecule has 2 atom stereocenters. The smallest absolute Gasteiger partial charge is 0.303 e. The van der Waals surface area contributed by atoms with Crippen molar-refractivity contribution in [1.29, 1.82) is 5.26 Å². The van der Waals surface area contributed by atoms with E-state index in [1.165, 1.54) is 11.2 Å². The minimum absolute atomic E-state index is 0.0520. The van der Waals surface area contributed by atoms with E-state index in [1.807, 2.05) is 0 Å². The number of carbonyl (C=O) groups excluding carboxylic acids is 1. The first-order chi connectivity index (χ1) is 15.6. The predicted octanol–water partition coefficient (Wildman–Crippen LogP) is 2.46. The second-order valence-corrected chi connectivity index (χ2v) is 11.2. The molecular formula is C21H27ClN6O4S. The SMILES string of the molecule is CCC1(c2c(C#N)c(Cl)c3cnc(N[C@@H]4CCN(S(C)(=O)=O)C[C@H]4OC(C)=O)nn23)CCC1. The Morgan fingerprint density at radius 1 is 1.45 bits per heavy atom. The van der Waals surface area contributed by atoms with Crippen molar-refractivity contribution in [2.45, 2.75) is 63.5 Å². The Morgan fingerprint density at radius 3 is 2.73 bits per heavy atom. The lowest BCUT2D eigenvalue weighted by Crippen LogP contribution is -2.53. The van der Waals surface area contributed by atoms with Gasteiger partial charge >= 0.3 is 5.97 Å². The Bertz CT molecular complexity index is 1230. The van der Waals surface area contributed by atoms with Crippen LogP contribution in [0, 0.1) is 11.3 Å². The molecule has 1 saturated carbocycles. The molecule has 2 aliphatic rings. The van der Waals surface area contributed by atoms with Crippen LogP contribution in [0.5, 0.6) is 0 Å². The maximum absolute atomic E-state index is 12.0. The highest BCUT2D eigenvalue weighted by Gasteiger charge is 2.43. The van der Waals surface area contributed by atoms with Crippen LogP contribution < -0.4 is 5.32 Å². The second kappa shape index (κ2) is 8.74. The van der Waals surface area contributed by atoms with E-state index in [9.17, 15) is 18.5 Å². The summed E-state index contributed by atoms with van der Waals surface area (Å²) in [6, 6.07) is 1.87. The molecule has 12 heteroatoms. The zero-order chi connectivity index (χ0) is 24.0. The third kappa shape index (κ3) is 4.27. The summed E-state index contributed by atoms with van der Waals surface area (Å²) in [6.45, 7) is 3.73. The molecule has 2 fully saturated rings. The molecule has 1 aliphatic heterocycles. The Balaban J connectivity index is 1.69. The van der Waals surface area contributed by atoms with Gasteiger partial charge in [0.05, 0.1) is 41.3 Å². The van der Waals surface area contributed by atoms with Crippen LogP contribution in [-0.4, -0.2) is 64.8 Å². The fourth-order valence-electron chi connectivity index (χ4n) is 4.88. The van der Waals surface area contributed by atoms with Gasteiger partial charge in [-0.05, 0) is 25.7 Å². The third-order valence-electron chi connectivity index (χ3n) is 6.85. The monoisotopic (exact) mass is 494 g/mol. The van der Waals surface area contributed by atoms with E-state index in [2.05, 4.69) is 28.4 Å². The Hall–Kier alpha value is -2.42. The molecule has 1 aliphatic carbocycles. The maximum Gasteiger partial charge on any atom is 0.303 e. The van der Waals surface area contributed by atoms with E-state index in [0.717, 1.165) is 37.6 Å². The summed E-state index contributed by atoms with van der Waals surface area (Å²) in [5, 5.41) is 18.0. The van der Waals surface area contributed by atoms with Crippen molar-refractivity contribution in [2.75, 3.05) is 24.7 Å². The van der Waals surface area contributed by atoms with Crippen LogP contribution in [0.1, 0.15) is 57.2 Å². The number of ether oxygens (including phenoxy) is 1. The first-order valence-corrected chi connectivity index (χ1v) is 13.2. The van der Waals surface area contributed by atoms with Crippen molar-refractivity contribution in [3.8, 4) is 6.07 Å². The molecule has 1 N–H and O–H groups in total. The topological polar surface area (TPSA) is 130 Å². The van der Waals surface area contributed by atoms with Gasteiger partial charge in [0, 0.05) is 18.9 Å². The van der Waals surface area contributed by atoms with E-state index in [-0.39, 0.29) is 24.5 Å². The number of fused-ring (bicyclic) bond motifs is 1. The summed E-state index contributed by atoms with van der Waals surface area (Å²) < 4.78 is 32.4. The number of halogens is 1. The molecule has 2 aromatic heterocycles. The summed E-state index contributed by atoms with van der Waals surface area (Å²) in [5.41, 5.74) is 1.67. The minimum Gasteiger partial charge on any atom is -0.459 e. The average molecular weight is 495 g/mol. The van der Waals surface area contributed by atoms with Crippen molar-refractivity contribution in [1.82, 2.24) is 18.9 Å². The number of carbonyl (C=O) groups is 1. The zero-order valence-electron chi connectivity index (χ0n) is 18.8. The molecule has 0 bridgehead atoms. The van der Waals surface area contributed by atoms with Crippen LogP contribution in [0.15, 0.2) is 6.20 Å². The number of aromatic nitrogens is 3. The van der Waals surface area contributed by atoms with Crippen LogP contribution in [-0.2, 0) is 25.0 Å². The van der Waals surface area contributed by atoms with Crippen molar-refractivity contribution in [3.05, 3.63) is 22.5 Å². The number of hydrogen-bond acceptors (Lipinski definition) is 8. The summed E-state index contributed by atoms with van der Waals surface area (Å²) in [4.78, 5) is 16.0. The second-order valence-electron chi connectivity index (χ2n) is 8.82. The molecule has 0 amide bonds. The van der Waals surface area contributed by atoms with E-state index >= 15 is 0 Å². The number of nitriles is 1. The normalized spacial score (nSPS) is 23.0. The molecule has 178 valence electrons. The van der Waals surface area contributed by atoms with Crippen LogP contribution in [0.25, 0.3) is 5.52 Å². The largest absolute Gasteiger partial charge is 0.459 e. The Kier molecular flexibility index (Phi) is 6.28. The zero-order valence-corrected chi connectivity index (χ0v) is 20.4. The van der Waals surface area contributed by atoms with Crippen molar-refractivity contribution < 1.29 is 17.9 Å². The van der Waals surface area contributed by atoms with E-state index < -0.39 is 22.1 Å². The highest BCUT2D eigenvalue weighted by Crippen LogP contribution is 2.49. The molecule has 33 heavy (non-hydrogen) atoms. The summed E-state index contributed by atoms with van der Waals surface area (Å²) in [7, 11) is -3.41. The Morgan fingerprint density at radius 2 is 2.18 bits per heavy atom. The lowest BCUT2D eigenvalue weighted by Gasteiger charge is -2.41. The van der Waals surface area contributed by atoms with Crippen molar-refractivity contribution in [2.24, 2.45) is 0 Å². The molecular weight excluding hydrogens is 468 g/mol. The number of sulfonamides is 1. The van der Waals surface area contributed by atoms with E-state index in [0.29, 0.717) is 28.5 Å². The van der Waals surface area contributed by atoms with Gasteiger partial charge in [0.1, 0.15) is 17.7 Å². The number of rotatable bonds is 6. The van der Waals surface area contributed by atoms with Crippen molar-refractivity contribution >= 4 is 39.1 Å². The fourth-order valence-corrected chi connectivity index (χ4v) is 6.00. The fraction of sp³-hybridized carbons (Fsp3) is 0.619. The number of nitrogens with zero attached hydrogens (tertiary/aromatic N) is 5. The van der Waals surface area contributed by atoms with Gasteiger partial charge in [-0.1, -0.05) is 24.9 Å². The molecule has 2 aromatic rings. The van der Waals surface area contributed by atoms with Gasteiger partial charge in [-0.15, -0.1) is 5.10 Å². The molecule has 1 saturated heterocycles. The lowest BCUT2D eigenvalue weighted by molar-refractivity contribution is -0.148. The van der Waals surface area contributed by atoms with Gasteiger partial charge in [-0.3, -0.25) is 4.79 Å². The van der Waals surface area contributed by atoms with Gasteiger partial charge in [0.2, 0.25) is 16.0 Å². The first kappa shape index (κ1) is 23.7. The molecule has 0 aromatic carbocycles. The molecule has 0 radical (unpaired) electrons. The van der Waals surface area contributed by atoms with Crippen LogP contribution in [0.2, 0.25) is 5.02 Å². The van der Waals surface area contributed by atoms with Crippen LogP contribution in [0.4, 0.5) is 5.95 Å². The van der Waals surface area contributed by atoms with E-state index in [4.69, 9.17) is 16.3 Å². The highest BCUT2D eigenvalue weighted by molar-refractivity contribution is 7.88. The summed E-state index contributed by atoms with van der Waals surface area (Å²) in [6.07, 6.45) is 6.32. The van der Waals surface area contributed by atoms with Gasteiger partial charge in [-0.2, -0.15) is 9.57 Å². The molecule has 4 rings (SSSR count). The molecule has 0 unspecified atom stereocenters. The average Bonchev–Trinajstić information content (AvgIpc) is 2.99. The summed E-state index contributed by atoms with van der Waals surface area (Å²) in [5.74, 6) is -0.202. The quantitative estimate of drug-likeness (QED) is 0.606. The number of nitrogens with one attached hydrogen (secondary N) is 1. The number of piperidine rings is 1. The third-order valence-corrected chi connectivity index (χ3v) is 8.50. The van der Waals surface area contributed by atoms with Gasteiger partial charge in [0.25, 0.3) is 0 Å². The first-order valence-electron chi connectivity index (χ1n) is 11.0.